The second-order valence-electron chi connectivity index (χ2n) is 9.38. The number of carbonyl (C=O) groups excluding carboxylic acids is 1. The number of carbonyl (C=O) groups is 1. The number of thiophene rings is 1. The molecule has 0 spiro atoms. The molecule has 168 valence electrons. The van der Waals surface area contributed by atoms with Crippen molar-refractivity contribution in [1.82, 2.24) is 14.9 Å². The molecule has 5 nitrogen and oxygen atoms in total. The van der Waals surface area contributed by atoms with Gasteiger partial charge in [-0.15, -0.1) is 11.3 Å². The van der Waals surface area contributed by atoms with E-state index in [4.69, 9.17) is 9.97 Å². The highest BCUT2D eigenvalue weighted by molar-refractivity contribution is 9.10. The van der Waals surface area contributed by atoms with Gasteiger partial charge >= 0.3 is 0 Å². The SMILES string of the molecule is CC1CCc2c(sc3nc(C(C)C)nc(N4CCN(C(=O)c5cccc(Br)c5)CC4)c23)C1. The zero-order chi connectivity index (χ0) is 22.4. The van der Waals surface area contributed by atoms with E-state index in [0.717, 1.165) is 58.4 Å². The Hall–Kier alpha value is -1.99. The molecule has 1 atom stereocenters. The molecule has 5 rings (SSSR count). The molecule has 1 amide bonds. The molecule has 0 radical (unpaired) electrons. The highest BCUT2D eigenvalue weighted by atomic mass is 79.9. The molecule has 7 heteroatoms. The van der Waals surface area contributed by atoms with Gasteiger partial charge in [-0.1, -0.05) is 42.8 Å². The lowest BCUT2D eigenvalue weighted by Gasteiger charge is -2.36. The molecule has 0 saturated carbocycles. The van der Waals surface area contributed by atoms with Crippen LogP contribution in [0, 0.1) is 5.92 Å². The Bertz CT molecular complexity index is 1170. The van der Waals surface area contributed by atoms with Crippen molar-refractivity contribution < 1.29 is 4.79 Å². The van der Waals surface area contributed by atoms with E-state index in [2.05, 4.69) is 41.6 Å². The van der Waals surface area contributed by atoms with Crippen LogP contribution >= 0.6 is 27.3 Å². The van der Waals surface area contributed by atoms with Gasteiger partial charge in [0.05, 0.1) is 5.39 Å². The van der Waals surface area contributed by atoms with Crippen molar-refractivity contribution in [2.24, 2.45) is 5.92 Å². The average molecular weight is 514 g/mol. The first-order chi connectivity index (χ1) is 15.4. The first kappa shape index (κ1) is 21.8. The zero-order valence-electron chi connectivity index (χ0n) is 18.9. The maximum atomic E-state index is 13.0. The molecule has 32 heavy (non-hydrogen) atoms. The van der Waals surface area contributed by atoms with E-state index in [1.807, 2.05) is 40.5 Å². The number of rotatable bonds is 3. The van der Waals surface area contributed by atoms with Gasteiger partial charge in [-0.3, -0.25) is 4.79 Å². The Kier molecular flexibility index (Phi) is 5.97. The second kappa shape index (κ2) is 8.75. The topological polar surface area (TPSA) is 49.3 Å². The summed E-state index contributed by atoms with van der Waals surface area (Å²) >= 11 is 5.34. The summed E-state index contributed by atoms with van der Waals surface area (Å²) < 4.78 is 0.933. The first-order valence-electron chi connectivity index (χ1n) is 11.5. The molecule has 1 unspecified atom stereocenters. The van der Waals surface area contributed by atoms with Crippen LogP contribution in [-0.2, 0) is 12.8 Å². The lowest BCUT2D eigenvalue weighted by Crippen LogP contribution is -2.49. The zero-order valence-corrected chi connectivity index (χ0v) is 21.3. The highest BCUT2D eigenvalue weighted by Gasteiger charge is 2.29. The Morgan fingerprint density at radius 2 is 1.97 bits per heavy atom. The van der Waals surface area contributed by atoms with Gasteiger partial charge in [0.2, 0.25) is 0 Å². The quantitative estimate of drug-likeness (QED) is 0.453. The van der Waals surface area contributed by atoms with E-state index < -0.39 is 0 Å². The molecule has 1 aliphatic heterocycles. The molecule has 1 fully saturated rings. The number of benzene rings is 1. The van der Waals surface area contributed by atoms with Crippen LogP contribution in [0.5, 0.6) is 0 Å². The normalized spacial score (nSPS) is 19.0. The van der Waals surface area contributed by atoms with Crippen molar-refractivity contribution >= 4 is 49.2 Å². The summed E-state index contributed by atoms with van der Waals surface area (Å²) in [6, 6.07) is 7.65. The molecule has 3 heterocycles. The van der Waals surface area contributed by atoms with Crippen LogP contribution in [0.4, 0.5) is 5.82 Å². The van der Waals surface area contributed by atoms with Gasteiger partial charge in [0.25, 0.3) is 5.91 Å². The van der Waals surface area contributed by atoms with E-state index in [1.54, 1.807) is 0 Å². The number of fused-ring (bicyclic) bond motifs is 3. The minimum atomic E-state index is 0.101. The Labute approximate surface area is 202 Å². The number of nitrogens with zero attached hydrogens (tertiary/aromatic N) is 4. The summed E-state index contributed by atoms with van der Waals surface area (Å²) in [5, 5.41) is 1.27. The largest absolute Gasteiger partial charge is 0.352 e. The van der Waals surface area contributed by atoms with Crippen LogP contribution in [0.15, 0.2) is 28.7 Å². The highest BCUT2D eigenvalue weighted by Crippen LogP contribution is 2.41. The summed E-state index contributed by atoms with van der Waals surface area (Å²) in [5.74, 6) is 3.13. The smallest absolute Gasteiger partial charge is 0.254 e. The minimum absolute atomic E-state index is 0.101. The molecule has 3 aromatic rings. The van der Waals surface area contributed by atoms with Gasteiger partial charge in [0.1, 0.15) is 16.5 Å². The van der Waals surface area contributed by atoms with E-state index in [9.17, 15) is 4.79 Å². The molecular formula is C25H29BrN4OS. The van der Waals surface area contributed by atoms with Crippen molar-refractivity contribution in [1.29, 1.82) is 0 Å². The standard InChI is InChI=1S/C25H29BrN4OS/c1-15(2)22-27-23(21-19-8-7-16(3)13-20(19)32-24(21)28-22)29-9-11-30(12-10-29)25(31)17-5-4-6-18(26)14-17/h4-6,14-16H,7-13H2,1-3H3. The van der Waals surface area contributed by atoms with Crippen LogP contribution < -0.4 is 4.90 Å². The number of aromatic nitrogens is 2. The molecule has 1 aliphatic carbocycles. The molecular weight excluding hydrogens is 484 g/mol. The lowest BCUT2D eigenvalue weighted by atomic mass is 9.89. The van der Waals surface area contributed by atoms with Crippen molar-refractivity contribution in [2.45, 2.75) is 46.0 Å². The molecule has 0 bridgehead atoms. The van der Waals surface area contributed by atoms with Gasteiger partial charge in [-0.05, 0) is 48.9 Å². The summed E-state index contributed by atoms with van der Waals surface area (Å²) in [4.78, 5) is 30.0. The fourth-order valence-electron chi connectivity index (χ4n) is 4.75. The number of amides is 1. The average Bonchev–Trinajstić information content (AvgIpc) is 3.15. The summed E-state index contributed by atoms with van der Waals surface area (Å²) in [7, 11) is 0. The maximum absolute atomic E-state index is 13.0. The monoisotopic (exact) mass is 512 g/mol. The van der Waals surface area contributed by atoms with Crippen LogP contribution in [0.3, 0.4) is 0 Å². The summed E-state index contributed by atoms with van der Waals surface area (Å²) in [6.07, 6.45) is 3.51. The van der Waals surface area contributed by atoms with E-state index in [0.29, 0.717) is 13.1 Å². The fraction of sp³-hybridized carbons (Fsp3) is 0.480. The number of aryl methyl sites for hydroxylation is 1. The number of hydrogen-bond donors (Lipinski definition) is 0. The van der Waals surface area contributed by atoms with Gasteiger partial charge < -0.3 is 9.80 Å². The van der Waals surface area contributed by atoms with E-state index in [1.165, 1.54) is 22.2 Å². The number of piperazine rings is 1. The molecule has 0 N–H and O–H groups in total. The van der Waals surface area contributed by atoms with E-state index >= 15 is 0 Å². The van der Waals surface area contributed by atoms with Crippen LogP contribution in [0.1, 0.15) is 59.7 Å². The number of halogens is 1. The maximum Gasteiger partial charge on any atom is 0.254 e. The van der Waals surface area contributed by atoms with Crippen molar-refractivity contribution in [2.75, 3.05) is 31.1 Å². The molecule has 2 aromatic heterocycles. The Morgan fingerprint density at radius 3 is 2.69 bits per heavy atom. The lowest BCUT2D eigenvalue weighted by molar-refractivity contribution is 0.0746. The molecule has 1 saturated heterocycles. The summed E-state index contributed by atoms with van der Waals surface area (Å²) in [6.45, 7) is 9.68. The molecule has 2 aliphatic rings. The van der Waals surface area contributed by atoms with Crippen LogP contribution in [0.2, 0.25) is 0 Å². The predicted octanol–water partition coefficient (Wildman–Crippen LogP) is 5.66. The van der Waals surface area contributed by atoms with Gasteiger partial charge in [0.15, 0.2) is 0 Å². The van der Waals surface area contributed by atoms with Crippen molar-refractivity contribution in [3.63, 3.8) is 0 Å². The molecule has 1 aromatic carbocycles. The second-order valence-corrected chi connectivity index (χ2v) is 11.4. The summed E-state index contributed by atoms with van der Waals surface area (Å²) in [5.41, 5.74) is 2.21. The van der Waals surface area contributed by atoms with Crippen LogP contribution in [-0.4, -0.2) is 47.0 Å². The van der Waals surface area contributed by atoms with Crippen molar-refractivity contribution in [3.8, 4) is 0 Å². The van der Waals surface area contributed by atoms with Crippen LogP contribution in [0.25, 0.3) is 10.2 Å². The first-order valence-corrected chi connectivity index (χ1v) is 13.1. The van der Waals surface area contributed by atoms with Crippen molar-refractivity contribution in [3.05, 3.63) is 50.6 Å². The van der Waals surface area contributed by atoms with Gasteiger partial charge in [-0.2, -0.15) is 0 Å². The Balaban J connectivity index is 1.44. The van der Waals surface area contributed by atoms with Gasteiger partial charge in [-0.25, -0.2) is 9.97 Å². The minimum Gasteiger partial charge on any atom is -0.352 e. The fourth-order valence-corrected chi connectivity index (χ4v) is 6.54. The number of anilines is 1. The Morgan fingerprint density at radius 1 is 1.19 bits per heavy atom. The third kappa shape index (κ3) is 4.05. The number of hydrogen-bond acceptors (Lipinski definition) is 5. The van der Waals surface area contributed by atoms with E-state index in [-0.39, 0.29) is 11.8 Å². The third-order valence-corrected chi connectivity index (χ3v) is 8.25. The third-order valence-electron chi connectivity index (χ3n) is 6.61. The predicted molar refractivity (Wildman–Crippen MR) is 135 cm³/mol. The van der Waals surface area contributed by atoms with Gasteiger partial charge in [0, 0.05) is 47.0 Å².